The summed E-state index contributed by atoms with van der Waals surface area (Å²) in [5.74, 6) is 2.15. The Kier molecular flexibility index (Phi) is 7.27. The maximum Gasteiger partial charge on any atom is 0.0532 e. The number of benzene rings is 1. The van der Waals surface area contributed by atoms with Crippen molar-refractivity contribution in [1.29, 1.82) is 0 Å². The molecule has 0 radical (unpaired) electrons. The molecule has 1 aromatic rings. The predicted molar refractivity (Wildman–Crippen MR) is 108 cm³/mol. The fourth-order valence-corrected chi connectivity index (χ4v) is 7.16. The Hall–Kier alpha value is -0.413. The van der Waals surface area contributed by atoms with Crippen LogP contribution in [-0.2, 0) is 10.8 Å². The van der Waals surface area contributed by atoms with E-state index in [0.29, 0.717) is 17.8 Å². The number of rotatable bonds is 7. The molecule has 0 aliphatic carbocycles. The summed E-state index contributed by atoms with van der Waals surface area (Å²) in [7, 11) is -2.04. The third-order valence-electron chi connectivity index (χ3n) is 4.34. The first-order valence-electron chi connectivity index (χ1n) is 9.00. The molecule has 1 unspecified atom stereocenters. The Morgan fingerprint density at radius 2 is 1.30 bits per heavy atom. The summed E-state index contributed by atoms with van der Waals surface area (Å²) in [6.45, 7) is 20.5. The highest BCUT2D eigenvalue weighted by Gasteiger charge is 2.23. The van der Waals surface area contributed by atoms with E-state index in [4.69, 9.17) is 0 Å². The van der Waals surface area contributed by atoms with E-state index in [9.17, 15) is 4.21 Å². The van der Waals surface area contributed by atoms with Crippen LogP contribution in [0.15, 0.2) is 17.0 Å². The SMILES string of the molecule is CC(C)c1cc(C(C)C)c(S(=O)CC[Si](C)(C)C)c(C(C)C)c1. The number of hydrogen-bond acceptors (Lipinski definition) is 1. The molecule has 0 heterocycles. The Balaban J connectivity index is 3.40. The van der Waals surface area contributed by atoms with Gasteiger partial charge in [-0.3, -0.25) is 4.21 Å². The molecule has 1 nitrogen and oxygen atoms in total. The summed E-state index contributed by atoms with van der Waals surface area (Å²) in [6.07, 6.45) is 0. The van der Waals surface area contributed by atoms with Gasteiger partial charge in [0, 0.05) is 18.7 Å². The lowest BCUT2D eigenvalue weighted by Crippen LogP contribution is -2.23. The first-order chi connectivity index (χ1) is 10.4. The molecule has 0 saturated carbocycles. The fourth-order valence-electron chi connectivity index (χ4n) is 2.65. The van der Waals surface area contributed by atoms with Crippen molar-refractivity contribution in [3.05, 3.63) is 28.8 Å². The Labute approximate surface area is 147 Å². The quantitative estimate of drug-likeness (QED) is 0.512. The monoisotopic (exact) mass is 352 g/mol. The molecule has 0 fully saturated rings. The van der Waals surface area contributed by atoms with Crippen molar-refractivity contribution in [2.24, 2.45) is 0 Å². The van der Waals surface area contributed by atoms with Crippen molar-refractivity contribution in [1.82, 2.24) is 0 Å². The maximum absolute atomic E-state index is 13.2. The highest BCUT2D eigenvalue weighted by molar-refractivity contribution is 7.85. The summed E-state index contributed by atoms with van der Waals surface area (Å²) in [5, 5.41) is 0. The van der Waals surface area contributed by atoms with Gasteiger partial charge in [-0.15, -0.1) is 0 Å². The van der Waals surface area contributed by atoms with Crippen LogP contribution in [0.2, 0.25) is 25.7 Å². The van der Waals surface area contributed by atoms with Crippen LogP contribution in [0.3, 0.4) is 0 Å². The van der Waals surface area contributed by atoms with Crippen LogP contribution in [0.25, 0.3) is 0 Å². The second-order valence-corrected chi connectivity index (χ2v) is 16.0. The zero-order valence-corrected chi connectivity index (χ0v) is 18.4. The second kappa shape index (κ2) is 8.11. The molecule has 0 N–H and O–H groups in total. The van der Waals surface area contributed by atoms with Crippen LogP contribution in [0.5, 0.6) is 0 Å². The van der Waals surface area contributed by atoms with E-state index in [1.54, 1.807) is 0 Å². The standard InChI is InChI=1S/C20H36OSSi/c1-14(2)17-12-18(15(3)4)20(19(13-17)16(5)6)22(21)10-11-23(7,8)9/h12-16H,10-11H2,1-9H3. The lowest BCUT2D eigenvalue weighted by Gasteiger charge is -2.23. The third-order valence-corrected chi connectivity index (χ3v) is 7.96. The lowest BCUT2D eigenvalue weighted by atomic mass is 9.89. The van der Waals surface area contributed by atoms with Crippen LogP contribution in [0, 0.1) is 0 Å². The van der Waals surface area contributed by atoms with Crippen LogP contribution >= 0.6 is 0 Å². The molecule has 0 aromatic heterocycles. The molecule has 0 aliphatic rings. The van der Waals surface area contributed by atoms with Crippen molar-refractivity contribution in [3.8, 4) is 0 Å². The highest BCUT2D eigenvalue weighted by Crippen LogP contribution is 2.34. The van der Waals surface area contributed by atoms with Crippen molar-refractivity contribution in [2.75, 3.05) is 5.75 Å². The average Bonchev–Trinajstić information content (AvgIpc) is 2.42. The molecule has 1 aromatic carbocycles. The minimum atomic E-state index is -1.16. The summed E-state index contributed by atoms with van der Waals surface area (Å²) < 4.78 is 13.2. The molecular formula is C20H36OSSi. The van der Waals surface area contributed by atoms with Crippen LogP contribution in [0.1, 0.15) is 76.0 Å². The van der Waals surface area contributed by atoms with Gasteiger partial charge in [-0.1, -0.05) is 73.3 Å². The van der Waals surface area contributed by atoms with Gasteiger partial charge in [-0.05, 0) is 40.5 Å². The van der Waals surface area contributed by atoms with E-state index in [1.807, 2.05) is 0 Å². The third kappa shape index (κ3) is 5.86. The molecule has 0 spiro atoms. The van der Waals surface area contributed by atoms with Gasteiger partial charge in [0.05, 0.1) is 10.8 Å². The maximum atomic E-state index is 13.2. The molecule has 0 aliphatic heterocycles. The first kappa shape index (κ1) is 20.6. The van der Waals surface area contributed by atoms with Gasteiger partial charge in [0.1, 0.15) is 0 Å². The van der Waals surface area contributed by atoms with Crippen molar-refractivity contribution in [3.63, 3.8) is 0 Å². The molecule has 0 saturated heterocycles. The van der Waals surface area contributed by atoms with E-state index in [0.717, 1.165) is 16.7 Å². The van der Waals surface area contributed by atoms with E-state index in [2.05, 4.69) is 73.3 Å². The van der Waals surface area contributed by atoms with Gasteiger partial charge < -0.3 is 0 Å². The first-order valence-corrected chi connectivity index (χ1v) is 14.0. The molecular weight excluding hydrogens is 316 g/mol. The normalized spacial score (nSPS) is 14.1. The minimum absolute atomic E-state index is 0.414. The van der Waals surface area contributed by atoms with Crippen LogP contribution in [-0.4, -0.2) is 18.0 Å². The van der Waals surface area contributed by atoms with Crippen molar-refractivity contribution in [2.45, 2.75) is 89.9 Å². The van der Waals surface area contributed by atoms with Crippen LogP contribution < -0.4 is 0 Å². The smallest absolute Gasteiger partial charge is 0.0532 e. The average molecular weight is 353 g/mol. The molecule has 3 heteroatoms. The summed E-state index contributed by atoms with van der Waals surface area (Å²) >= 11 is 0. The highest BCUT2D eigenvalue weighted by atomic mass is 32.2. The Bertz CT molecular complexity index is 524. The van der Waals surface area contributed by atoms with Gasteiger partial charge in [0.15, 0.2) is 0 Å². The minimum Gasteiger partial charge on any atom is -0.254 e. The fraction of sp³-hybridized carbons (Fsp3) is 0.700. The van der Waals surface area contributed by atoms with Crippen molar-refractivity contribution < 1.29 is 4.21 Å². The van der Waals surface area contributed by atoms with E-state index >= 15 is 0 Å². The van der Waals surface area contributed by atoms with Gasteiger partial charge in [0.25, 0.3) is 0 Å². The van der Waals surface area contributed by atoms with Crippen molar-refractivity contribution >= 4 is 18.9 Å². The Morgan fingerprint density at radius 1 is 0.870 bits per heavy atom. The van der Waals surface area contributed by atoms with E-state index in [1.165, 1.54) is 16.7 Å². The lowest BCUT2D eigenvalue weighted by molar-refractivity contribution is 0.676. The second-order valence-electron chi connectivity index (χ2n) is 8.85. The molecule has 132 valence electrons. The Morgan fingerprint density at radius 3 is 1.61 bits per heavy atom. The van der Waals surface area contributed by atoms with E-state index < -0.39 is 18.9 Å². The molecule has 23 heavy (non-hydrogen) atoms. The summed E-state index contributed by atoms with van der Waals surface area (Å²) in [6, 6.07) is 5.74. The summed E-state index contributed by atoms with van der Waals surface area (Å²) in [4.78, 5) is 1.14. The molecule has 0 bridgehead atoms. The zero-order chi connectivity index (χ0) is 17.9. The predicted octanol–water partition coefficient (Wildman–Crippen LogP) is 6.50. The summed E-state index contributed by atoms with van der Waals surface area (Å²) in [5.41, 5.74) is 3.98. The molecule has 1 rings (SSSR count). The zero-order valence-electron chi connectivity index (χ0n) is 16.6. The topological polar surface area (TPSA) is 17.1 Å². The molecule has 1 atom stereocenters. The van der Waals surface area contributed by atoms with Gasteiger partial charge in [0.2, 0.25) is 0 Å². The van der Waals surface area contributed by atoms with Gasteiger partial charge in [-0.25, -0.2) is 0 Å². The van der Waals surface area contributed by atoms with Crippen LogP contribution in [0.4, 0.5) is 0 Å². The molecule has 0 amide bonds. The van der Waals surface area contributed by atoms with Gasteiger partial charge in [-0.2, -0.15) is 0 Å². The number of hydrogen-bond donors (Lipinski definition) is 0. The largest absolute Gasteiger partial charge is 0.254 e. The van der Waals surface area contributed by atoms with E-state index in [-0.39, 0.29) is 0 Å². The van der Waals surface area contributed by atoms with Gasteiger partial charge >= 0.3 is 0 Å².